The highest BCUT2D eigenvalue weighted by atomic mass is 15.3. The van der Waals surface area contributed by atoms with Gasteiger partial charge in [0.2, 0.25) is 0 Å². The molecule has 2 aromatic rings. The van der Waals surface area contributed by atoms with Gasteiger partial charge in [-0.15, -0.1) is 10.2 Å². The third kappa shape index (κ3) is 1.39. The summed E-state index contributed by atoms with van der Waals surface area (Å²) in [7, 11) is 0. The Bertz CT molecular complexity index is 499. The Morgan fingerprint density at radius 3 is 3.00 bits per heavy atom. The van der Waals surface area contributed by atoms with E-state index in [1.807, 2.05) is 17.4 Å². The van der Waals surface area contributed by atoms with Gasteiger partial charge in [-0.25, -0.2) is 4.98 Å². The van der Waals surface area contributed by atoms with Crippen molar-refractivity contribution in [3.8, 4) is 0 Å². The predicted molar refractivity (Wildman–Crippen MR) is 55.2 cm³/mol. The van der Waals surface area contributed by atoms with E-state index >= 15 is 0 Å². The molecule has 15 heavy (non-hydrogen) atoms. The number of rotatable bonds is 2. The Balaban J connectivity index is 2.10. The molecule has 0 amide bonds. The van der Waals surface area contributed by atoms with Crippen molar-refractivity contribution in [3.63, 3.8) is 0 Å². The highest BCUT2D eigenvalue weighted by molar-refractivity contribution is 5.38. The van der Waals surface area contributed by atoms with Crippen LogP contribution in [0.25, 0.3) is 5.65 Å². The van der Waals surface area contributed by atoms with Crippen molar-refractivity contribution in [1.82, 2.24) is 19.6 Å². The molecule has 2 aromatic heterocycles. The molecule has 0 radical (unpaired) electrons. The van der Waals surface area contributed by atoms with Crippen LogP contribution in [0.5, 0.6) is 0 Å². The van der Waals surface area contributed by atoms with Crippen molar-refractivity contribution in [2.24, 2.45) is 11.7 Å². The van der Waals surface area contributed by atoms with Gasteiger partial charge in [0, 0.05) is 11.8 Å². The van der Waals surface area contributed by atoms with E-state index < -0.39 is 0 Å². The lowest BCUT2D eigenvalue weighted by Crippen LogP contribution is -2.16. The second-order valence-electron chi connectivity index (χ2n) is 4.18. The first-order valence-electron chi connectivity index (χ1n) is 5.18. The molecule has 0 aliphatic heterocycles. The number of hydrogen-bond acceptors (Lipinski definition) is 4. The zero-order chi connectivity index (χ0) is 10.4. The fourth-order valence-corrected chi connectivity index (χ4v) is 1.80. The van der Waals surface area contributed by atoms with E-state index in [1.54, 1.807) is 6.33 Å². The van der Waals surface area contributed by atoms with Crippen LogP contribution in [-0.4, -0.2) is 19.6 Å². The lowest BCUT2D eigenvalue weighted by molar-refractivity contribution is 0.585. The second kappa shape index (κ2) is 3.00. The number of aromatic nitrogens is 4. The Hall–Kier alpha value is -1.49. The maximum atomic E-state index is 6.10. The molecule has 1 aliphatic carbocycles. The fourth-order valence-electron chi connectivity index (χ4n) is 1.80. The summed E-state index contributed by atoms with van der Waals surface area (Å²) in [4.78, 5) is 4.23. The molecule has 1 fully saturated rings. The number of nitrogens with zero attached hydrogens (tertiary/aromatic N) is 4. The molecule has 2 N–H and O–H groups in total. The quantitative estimate of drug-likeness (QED) is 0.785. The molecule has 0 aromatic carbocycles. The molecule has 5 nitrogen and oxygen atoms in total. The SMILES string of the molecule is Cc1cc2nnc(C(N)C3CC3)n2cn1. The molecule has 1 saturated carbocycles. The van der Waals surface area contributed by atoms with E-state index in [4.69, 9.17) is 5.73 Å². The average Bonchev–Trinajstić information content (AvgIpc) is 2.98. The molecule has 0 saturated heterocycles. The maximum absolute atomic E-state index is 6.10. The molecule has 78 valence electrons. The van der Waals surface area contributed by atoms with Crippen molar-refractivity contribution in [2.45, 2.75) is 25.8 Å². The molecule has 1 aliphatic rings. The topological polar surface area (TPSA) is 69.1 Å². The Morgan fingerprint density at radius 2 is 2.27 bits per heavy atom. The predicted octanol–water partition coefficient (Wildman–Crippen LogP) is 0.843. The largest absolute Gasteiger partial charge is 0.321 e. The first kappa shape index (κ1) is 8.79. The smallest absolute Gasteiger partial charge is 0.163 e. The van der Waals surface area contributed by atoms with Crippen LogP contribution in [0, 0.1) is 12.8 Å². The summed E-state index contributed by atoms with van der Waals surface area (Å²) in [6.07, 6.45) is 4.16. The van der Waals surface area contributed by atoms with Gasteiger partial charge >= 0.3 is 0 Å². The van der Waals surface area contributed by atoms with E-state index in [0.29, 0.717) is 5.92 Å². The van der Waals surface area contributed by atoms with Crippen molar-refractivity contribution >= 4 is 5.65 Å². The third-order valence-corrected chi connectivity index (χ3v) is 2.89. The van der Waals surface area contributed by atoms with Gasteiger partial charge in [0.05, 0.1) is 6.04 Å². The molecule has 0 bridgehead atoms. The van der Waals surface area contributed by atoms with Gasteiger partial charge in [0.15, 0.2) is 11.5 Å². The van der Waals surface area contributed by atoms with Crippen LogP contribution >= 0.6 is 0 Å². The Kier molecular flexibility index (Phi) is 1.76. The first-order valence-corrected chi connectivity index (χ1v) is 5.18. The van der Waals surface area contributed by atoms with Crippen LogP contribution in [-0.2, 0) is 0 Å². The van der Waals surface area contributed by atoms with Crippen molar-refractivity contribution in [1.29, 1.82) is 0 Å². The highest BCUT2D eigenvalue weighted by Crippen LogP contribution is 2.38. The van der Waals surface area contributed by atoms with Gasteiger partial charge in [-0.3, -0.25) is 4.40 Å². The van der Waals surface area contributed by atoms with Crippen molar-refractivity contribution in [3.05, 3.63) is 23.9 Å². The zero-order valence-electron chi connectivity index (χ0n) is 8.59. The normalized spacial score (nSPS) is 18.3. The van der Waals surface area contributed by atoms with Gasteiger partial charge in [-0.2, -0.15) is 0 Å². The van der Waals surface area contributed by atoms with Crippen LogP contribution in [0.1, 0.15) is 30.4 Å². The van der Waals surface area contributed by atoms with Crippen molar-refractivity contribution < 1.29 is 0 Å². The molecule has 1 unspecified atom stereocenters. The summed E-state index contributed by atoms with van der Waals surface area (Å²) in [6.45, 7) is 1.94. The van der Waals surface area contributed by atoms with Gasteiger partial charge in [0.1, 0.15) is 6.33 Å². The molecule has 5 heteroatoms. The average molecular weight is 203 g/mol. The van der Waals surface area contributed by atoms with Gasteiger partial charge in [-0.1, -0.05) is 0 Å². The van der Waals surface area contributed by atoms with E-state index in [9.17, 15) is 0 Å². The number of fused-ring (bicyclic) bond motifs is 1. The fraction of sp³-hybridized carbons (Fsp3) is 0.500. The minimum absolute atomic E-state index is 0.00417. The minimum Gasteiger partial charge on any atom is -0.321 e. The molecule has 3 rings (SSSR count). The minimum atomic E-state index is 0.00417. The standard InChI is InChI=1S/C10H13N5/c1-6-4-8-13-14-10(15(8)5-12-6)9(11)7-2-3-7/h4-5,7,9H,2-3,11H2,1H3. The summed E-state index contributed by atoms with van der Waals surface area (Å²) < 4.78 is 1.88. The third-order valence-electron chi connectivity index (χ3n) is 2.89. The zero-order valence-corrected chi connectivity index (χ0v) is 8.59. The summed E-state index contributed by atoms with van der Waals surface area (Å²) in [6, 6.07) is 1.92. The molecular weight excluding hydrogens is 190 g/mol. The van der Waals surface area contributed by atoms with E-state index in [-0.39, 0.29) is 6.04 Å². The number of nitrogens with two attached hydrogens (primary N) is 1. The summed E-state index contributed by atoms with van der Waals surface area (Å²) >= 11 is 0. The van der Waals surface area contributed by atoms with E-state index in [2.05, 4.69) is 15.2 Å². The summed E-state index contributed by atoms with van der Waals surface area (Å²) in [5.41, 5.74) is 7.87. The van der Waals surface area contributed by atoms with Gasteiger partial charge in [-0.05, 0) is 25.7 Å². The molecule has 2 heterocycles. The van der Waals surface area contributed by atoms with Crippen LogP contribution in [0.2, 0.25) is 0 Å². The maximum Gasteiger partial charge on any atom is 0.163 e. The Morgan fingerprint density at radius 1 is 1.47 bits per heavy atom. The molecular formula is C10H13N5. The Labute approximate surface area is 87.3 Å². The monoisotopic (exact) mass is 203 g/mol. The van der Waals surface area contributed by atoms with Crippen molar-refractivity contribution in [2.75, 3.05) is 0 Å². The van der Waals surface area contributed by atoms with Gasteiger partial charge < -0.3 is 5.73 Å². The molecule has 0 spiro atoms. The van der Waals surface area contributed by atoms with Crippen LogP contribution in [0.3, 0.4) is 0 Å². The van der Waals surface area contributed by atoms with Gasteiger partial charge in [0.25, 0.3) is 0 Å². The van der Waals surface area contributed by atoms with Crippen LogP contribution in [0.4, 0.5) is 0 Å². The second-order valence-corrected chi connectivity index (χ2v) is 4.18. The van der Waals surface area contributed by atoms with E-state index in [1.165, 1.54) is 12.8 Å². The highest BCUT2D eigenvalue weighted by Gasteiger charge is 2.32. The van der Waals surface area contributed by atoms with E-state index in [0.717, 1.165) is 17.2 Å². The van der Waals surface area contributed by atoms with Crippen LogP contribution in [0.15, 0.2) is 12.4 Å². The first-order chi connectivity index (χ1) is 7.25. The summed E-state index contributed by atoms with van der Waals surface area (Å²) in [5.74, 6) is 1.42. The lowest BCUT2D eigenvalue weighted by atomic mass is 10.2. The number of aryl methyl sites for hydroxylation is 1. The lowest BCUT2D eigenvalue weighted by Gasteiger charge is -2.07. The molecule has 1 atom stereocenters. The number of hydrogen-bond donors (Lipinski definition) is 1. The van der Waals surface area contributed by atoms with Crippen LogP contribution < -0.4 is 5.73 Å². The summed E-state index contributed by atoms with van der Waals surface area (Å²) in [5, 5.41) is 8.25.